The molecule has 2 N–H and O–H groups in total. The van der Waals surface area contributed by atoms with E-state index in [4.69, 9.17) is 10.5 Å². The van der Waals surface area contributed by atoms with E-state index in [1.165, 1.54) is 0 Å². The zero-order valence-corrected chi connectivity index (χ0v) is 9.64. The smallest absolute Gasteiger partial charge is 0.134 e. The minimum atomic E-state index is 0.762. The van der Waals surface area contributed by atoms with E-state index in [-0.39, 0.29) is 0 Å². The van der Waals surface area contributed by atoms with E-state index in [9.17, 15) is 0 Å². The third-order valence-corrected chi connectivity index (χ3v) is 2.83. The Morgan fingerprint density at radius 1 is 1.55 bits per heavy atom. The molecule has 0 aliphatic carbocycles. The van der Waals surface area contributed by atoms with Crippen molar-refractivity contribution < 1.29 is 4.74 Å². The van der Waals surface area contributed by atoms with Crippen molar-refractivity contribution >= 4 is 44.2 Å². The lowest BCUT2D eigenvalue weighted by atomic mass is 10.3. The monoisotopic (exact) mass is 327 g/mol. The summed E-state index contributed by atoms with van der Waals surface area (Å²) in [5, 5.41) is 0. The van der Waals surface area contributed by atoms with E-state index in [1.807, 2.05) is 12.1 Å². The average molecular weight is 328 g/mol. The van der Waals surface area contributed by atoms with Crippen LogP contribution in [0.25, 0.3) is 0 Å². The van der Waals surface area contributed by atoms with E-state index < -0.39 is 0 Å². The summed E-state index contributed by atoms with van der Waals surface area (Å²) in [4.78, 5) is 0. The molecule has 60 valence electrons. The number of halogens is 2. The Morgan fingerprint density at radius 3 is 2.73 bits per heavy atom. The predicted molar refractivity (Wildman–Crippen MR) is 57.8 cm³/mol. The Kier molecular flexibility index (Phi) is 3.00. The molecule has 0 unspecified atom stereocenters. The minimum absolute atomic E-state index is 0.762. The van der Waals surface area contributed by atoms with Crippen LogP contribution in [0.2, 0.25) is 0 Å². The number of methoxy groups -OCH3 is 1. The standard InChI is InChI=1S/C7H7BrINO/c1-11-7-3-5(9)6(10)2-4(7)8/h2-3H,10H2,1H3. The largest absolute Gasteiger partial charge is 0.496 e. The first-order valence-corrected chi connectivity index (χ1v) is 4.81. The summed E-state index contributed by atoms with van der Waals surface area (Å²) < 4.78 is 6.96. The fourth-order valence-electron chi connectivity index (χ4n) is 0.700. The van der Waals surface area contributed by atoms with Crippen LogP contribution in [0.4, 0.5) is 5.69 Å². The van der Waals surface area contributed by atoms with Crippen molar-refractivity contribution in [3.05, 3.63) is 20.2 Å². The molecule has 0 atom stereocenters. The van der Waals surface area contributed by atoms with Gasteiger partial charge in [-0.25, -0.2) is 0 Å². The van der Waals surface area contributed by atoms with Crippen LogP contribution >= 0.6 is 38.5 Å². The maximum atomic E-state index is 5.65. The average Bonchev–Trinajstić information content (AvgIpc) is 1.97. The highest BCUT2D eigenvalue weighted by atomic mass is 127. The van der Waals surface area contributed by atoms with E-state index in [1.54, 1.807) is 7.11 Å². The summed E-state index contributed by atoms with van der Waals surface area (Å²) in [6.07, 6.45) is 0. The lowest BCUT2D eigenvalue weighted by molar-refractivity contribution is 0.412. The number of anilines is 1. The fraction of sp³-hybridized carbons (Fsp3) is 0.143. The second-order valence-corrected chi connectivity index (χ2v) is 4.02. The van der Waals surface area contributed by atoms with Gasteiger partial charge in [0.25, 0.3) is 0 Å². The molecule has 0 aliphatic rings. The molecule has 1 aromatic rings. The molecule has 2 nitrogen and oxygen atoms in total. The molecule has 1 rings (SSSR count). The Balaban J connectivity index is 3.21. The zero-order chi connectivity index (χ0) is 8.43. The topological polar surface area (TPSA) is 35.2 Å². The van der Waals surface area contributed by atoms with Gasteiger partial charge in [0.2, 0.25) is 0 Å². The molecule has 11 heavy (non-hydrogen) atoms. The van der Waals surface area contributed by atoms with Gasteiger partial charge in [-0.1, -0.05) is 0 Å². The third-order valence-electron chi connectivity index (χ3n) is 1.27. The van der Waals surface area contributed by atoms with Crippen LogP contribution < -0.4 is 10.5 Å². The molecule has 0 heterocycles. The Bertz CT molecular complexity index is 277. The van der Waals surface area contributed by atoms with Crippen molar-refractivity contribution in [3.63, 3.8) is 0 Å². The fourth-order valence-corrected chi connectivity index (χ4v) is 1.66. The molecule has 4 heteroatoms. The minimum Gasteiger partial charge on any atom is -0.496 e. The van der Waals surface area contributed by atoms with Crippen molar-refractivity contribution in [2.75, 3.05) is 12.8 Å². The number of rotatable bonds is 1. The molecule has 0 spiro atoms. The van der Waals surface area contributed by atoms with Gasteiger partial charge in [-0.3, -0.25) is 0 Å². The molecule has 0 aromatic heterocycles. The van der Waals surface area contributed by atoms with Gasteiger partial charge >= 0.3 is 0 Å². The van der Waals surface area contributed by atoms with E-state index in [0.29, 0.717) is 0 Å². The lowest BCUT2D eigenvalue weighted by Crippen LogP contribution is -1.91. The van der Waals surface area contributed by atoms with Crippen molar-refractivity contribution in [2.24, 2.45) is 0 Å². The van der Waals surface area contributed by atoms with Crippen LogP contribution in [-0.4, -0.2) is 7.11 Å². The first-order valence-electron chi connectivity index (χ1n) is 2.93. The summed E-state index contributed by atoms with van der Waals surface area (Å²) in [6.45, 7) is 0. The molecule has 0 fully saturated rings. The first kappa shape index (κ1) is 9.12. The number of hydrogen-bond acceptors (Lipinski definition) is 2. The maximum Gasteiger partial charge on any atom is 0.134 e. The Morgan fingerprint density at radius 2 is 2.18 bits per heavy atom. The normalized spacial score (nSPS) is 9.73. The lowest BCUT2D eigenvalue weighted by Gasteiger charge is -2.05. The number of hydrogen-bond donors (Lipinski definition) is 1. The number of nitrogens with two attached hydrogens (primary N) is 1. The highest BCUT2D eigenvalue weighted by Crippen LogP contribution is 2.30. The summed E-state index contributed by atoms with van der Waals surface area (Å²) in [5.74, 6) is 0.809. The van der Waals surface area contributed by atoms with E-state index >= 15 is 0 Å². The molecule has 0 bridgehead atoms. The summed E-state index contributed by atoms with van der Waals surface area (Å²) >= 11 is 5.50. The van der Waals surface area contributed by atoms with Crippen molar-refractivity contribution in [3.8, 4) is 5.75 Å². The predicted octanol–water partition coefficient (Wildman–Crippen LogP) is 2.64. The zero-order valence-electron chi connectivity index (χ0n) is 5.90. The van der Waals surface area contributed by atoms with Crippen LogP contribution in [-0.2, 0) is 0 Å². The summed E-state index contributed by atoms with van der Waals surface area (Å²) in [7, 11) is 1.63. The van der Waals surface area contributed by atoms with Gasteiger partial charge in [-0.15, -0.1) is 0 Å². The van der Waals surface area contributed by atoms with E-state index in [0.717, 1.165) is 19.5 Å². The third kappa shape index (κ3) is 1.99. The highest BCUT2D eigenvalue weighted by molar-refractivity contribution is 14.1. The molecular formula is C7H7BrINO. The second kappa shape index (κ2) is 3.62. The van der Waals surface area contributed by atoms with E-state index in [2.05, 4.69) is 38.5 Å². The highest BCUT2D eigenvalue weighted by Gasteiger charge is 2.03. The number of ether oxygens (including phenoxy) is 1. The Labute approximate surface area is 87.4 Å². The van der Waals surface area contributed by atoms with Crippen LogP contribution in [0.5, 0.6) is 5.75 Å². The van der Waals surface area contributed by atoms with Gasteiger partial charge in [0, 0.05) is 9.26 Å². The molecule has 0 saturated carbocycles. The molecule has 0 saturated heterocycles. The number of nitrogen functional groups attached to an aromatic ring is 1. The summed E-state index contributed by atoms with van der Waals surface area (Å²) in [6, 6.07) is 3.72. The van der Waals surface area contributed by atoms with Gasteiger partial charge in [-0.05, 0) is 50.7 Å². The van der Waals surface area contributed by atoms with Gasteiger partial charge in [-0.2, -0.15) is 0 Å². The van der Waals surface area contributed by atoms with Crippen LogP contribution in [0.3, 0.4) is 0 Å². The SMILES string of the molecule is COc1cc(I)c(N)cc1Br. The molecule has 0 aliphatic heterocycles. The molecule has 1 aromatic carbocycles. The van der Waals surface area contributed by atoms with Gasteiger partial charge in [0.05, 0.1) is 11.6 Å². The molecular weight excluding hydrogens is 321 g/mol. The van der Waals surface area contributed by atoms with Crippen molar-refractivity contribution in [1.29, 1.82) is 0 Å². The van der Waals surface area contributed by atoms with Gasteiger partial charge in [0.15, 0.2) is 0 Å². The van der Waals surface area contributed by atoms with Crippen molar-refractivity contribution in [1.82, 2.24) is 0 Å². The Hall–Kier alpha value is 0.0300. The maximum absolute atomic E-state index is 5.65. The second-order valence-electron chi connectivity index (χ2n) is 2.01. The summed E-state index contributed by atoms with van der Waals surface area (Å²) in [5.41, 5.74) is 6.41. The molecule has 0 amide bonds. The van der Waals surface area contributed by atoms with Crippen molar-refractivity contribution in [2.45, 2.75) is 0 Å². The van der Waals surface area contributed by atoms with Gasteiger partial charge in [0.1, 0.15) is 5.75 Å². The van der Waals surface area contributed by atoms with Gasteiger partial charge < -0.3 is 10.5 Å². The first-order chi connectivity index (χ1) is 5.15. The molecule has 0 radical (unpaired) electrons. The van der Waals surface area contributed by atoms with Crippen LogP contribution in [0.15, 0.2) is 16.6 Å². The quantitative estimate of drug-likeness (QED) is 0.635. The van der Waals surface area contributed by atoms with Crippen LogP contribution in [0.1, 0.15) is 0 Å². The van der Waals surface area contributed by atoms with Crippen LogP contribution in [0, 0.1) is 3.57 Å². The number of benzene rings is 1.